The summed E-state index contributed by atoms with van der Waals surface area (Å²) in [5, 5.41) is 0. The predicted octanol–water partition coefficient (Wildman–Crippen LogP) is 2.81. The largest absolute Gasteiger partial charge is 0.346 e. The van der Waals surface area contributed by atoms with Crippen LogP contribution in [0.3, 0.4) is 0 Å². The Morgan fingerprint density at radius 1 is 1.29 bits per heavy atom. The van der Waals surface area contributed by atoms with E-state index in [0.29, 0.717) is 0 Å². The third-order valence-electron chi connectivity index (χ3n) is 2.74. The molecule has 0 aromatic heterocycles. The number of alkyl halides is 3. The number of rotatable bonds is 4. The average Bonchev–Trinajstić information content (AvgIpc) is 2.86. The lowest BCUT2D eigenvalue weighted by atomic mass is 10.2. The van der Waals surface area contributed by atoms with Crippen molar-refractivity contribution in [2.45, 2.75) is 28.0 Å². The molecule has 0 saturated carbocycles. The summed E-state index contributed by atoms with van der Waals surface area (Å²) in [6.07, 6.45) is -1.66. The molecule has 1 saturated heterocycles. The quantitative estimate of drug-likeness (QED) is 0.598. The van der Waals surface area contributed by atoms with Gasteiger partial charge in [-0.25, -0.2) is 0 Å². The lowest BCUT2D eigenvalue weighted by Crippen LogP contribution is -2.28. The highest BCUT2D eigenvalue weighted by atomic mass is 35.6. The van der Waals surface area contributed by atoms with Gasteiger partial charge in [-0.3, -0.25) is 4.18 Å². The molecule has 0 unspecified atom stereocenters. The maximum absolute atomic E-state index is 12.0. The molecule has 1 heterocycles. The molecular formula is C12H13Cl3O5S. The van der Waals surface area contributed by atoms with Crippen LogP contribution in [-0.2, 0) is 23.8 Å². The van der Waals surface area contributed by atoms with E-state index in [1.807, 2.05) is 6.92 Å². The summed E-state index contributed by atoms with van der Waals surface area (Å²) >= 11 is 16.9. The van der Waals surface area contributed by atoms with Crippen molar-refractivity contribution < 1.29 is 22.1 Å². The summed E-state index contributed by atoms with van der Waals surface area (Å²) in [4.78, 5) is 0.0740. The molecule has 0 bridgehead atoms. The number of benzene rings is 1. The van der Waals surface area contributed by atoms with Crippen molar-refractivity contribution in [3.05, 3.63) is 29.8 Å². The van der Waals surface area contributed by atoms with E-state index >= 15 is 0 Å². The van der Waals surface area contributed by atoms with Gasteiger partial charge < -0.3 is 9.47 Å². The summed E-state index contributed by atoms with van der Waals surface area (Å²) in [5.41, 5.74) is 0.951. The van der Waals surface area contributed by atoms with Gasteiger partial charge in [0.05, 0.1) is 18.1 Å². The lowest BCUT2D eigenvalue weighted by molar-refractivity contribution is -0.0590. The van der Waals surface area contributed by atoms with Crippen molar-refractivity contribution in [2.75, 3.05) is 13.2 Å². The Bertz CT molecular complexity index is 582. The van der Waals surface area contributed by atoms with Crippen molar-refractivity contribution >= 4 is 44.9 Å². The average molecular weight is 376 g/mol. The topological polar surface area (TPSA) is 61.8 Å². The van der Waals surface area contributed by atoms with Gasteiger partial charge in [-0.05, 0) is 19.1 Å². The zero-order valence-electron chi connectivity index (χ0n) is 11.0. The highest BCUT2D eigenvalue weighted by molar-refractivity contribution is 7.86. The van der Waals surface area contributed by atoms with Gasteiger partial charge in [0.1, 0.15) is 6.10 Å². The molecule has 0 spiro atoms. The maximum Gasteiger partial charge on any atom is 0.297 e. The van der Waals surface area contributed by atoms with E-state index in [0.717, 1.165) is 5.56 Å². The van der Waals surface area contributed by atoms with Gasteiger partial charge in [0, 0.05) is 0 Å². The van der Waals surface area contributed by atoms with Crippen LogP contribution in [0.2, 0.25) is 0 Å². The summed E-state index contributed by atoms with van der Waals surface area (Å²) in [6, 6.07) is 6.32. The van der Waals surface area contributed by atoms with Crippen molar-refractivity contribution in [1.29, 1.82) is 0 Å². The fourth-order valence-electron chi connectivity index (χ4n) is 1.65. The van der Waals surface area contributed by atoms with Crippen LogP contribution in [-0.4, -0.2) is 37.8 Å². The molecule has 0 radical (unpaired) electrons. The molecule has 2 atom stereocenters. The zero-order chi connectivity index (χ0) is 15.7. The molecule has 1 aliphatic rings. The number of ether oxygens (including phenoxy) is 2. The smallest absolute Gasteiger partial charge is 0.297 e. The van der Waals surface area contributed by atoms with Gasteiger partial charge >= 0.3 is 0 Å². The Kier molecular flexibility index (Phi) is 5.41. The van der Waals surface area contributed by atoms with E-state index in [4.69, 9.17) is 48.5 Å². The van der Waals surface area contributed by atoms with E-state index < -0.39 is 26.3 Å². The Labute approximate surface area is 138 Å². The Morgan fingerprint density at radius 2 is 1.90 bits per heavy atom. The van der Waals surface area contributed by atoms with Gasteiger partial charge in [0.15, 0.2) is 0 Å². The molecule has 118 valence electrons. The standard InChI is InChI=1S/C12H13Cl3O5S/c1-8-2-4-10(5-3-8)21(16,17)19-7-9-6-18-11(20-9)12(13,14)15/h2-5,9,11H,6-7H2,1H3/t9-,11+/m0/s1. The van der Waals surface area contributed by atoms with Crippen molar-refractivity contribution in [1.82, 2.24) is 0 Å². The van der Waals surface area contributed by atoms with E-state index in [9.17, 15) is 8.42 Å². The molecule has 1 aromatic rings. The monoisotopic (exact) mass is 374 g/mol. The normalized spacial score (nSPS) is 23.4. The van der Waals surface area contributed by atoms with Gasteiger partial charge in [0.25, 0.3) is 10.1 Å². The van der Waals surface area contributed by atoms with E-state index in [2.05, 4.69) is 0 Å². The van der Waals surface area contributed by atoms with Crippen LogP contribution in [0.5, 0.6) is 0 Å². The minimum absolute atomic E-state index is 0.0740. The van der Waals surface area contributed by atoms with Crippen molar-refractivity contribution in [2.24, 2.45) is 0 Å². The highest BCUT2D eigenvalue weighted by Gasteiger charge is 2.41. The van der Waals surface area contributed by atoms with Crippen molar-refractivity contribution in [3.8, 4) is 0 Å². The van der Waals surface area contributed by atoms with Crippen LogP contribution < -0.4 is 0 Å². The SMILES string of the molecule is Cc1ccc(S(=O)(=O)OC[C@@H]2CO[C@@H](C(Cl)(Cl)Cl)O2)cc1. The van der Waals surface area contributed by atoms with Crippen LogP contribution in [0.25, 0.3) is 0 Å². The highest BCUT2D eigenvalue weighted by Crippen LogP contribution is 2.36. The maximum atomic E-state index is 12.0. The molecule has 0 aliphatic carbocycles. The minimum atomic E-state index is -3.85. The number of hydrogen-bond donors (Lipinski definition) is 0. The molecule has 0 N–H and O–H groups in total. The molecule has 1 fully saturated rings. The number of halogens is 3. The molecule has 1 aliphatic heterocycles. The van der Waals surface area contributed by atoms with Crippen LogP contribution in [0.15, 0.2) is 29.2 Å². The Balaban J connectivity index is 1.93. The number of aryl methyl sites for hydroxylation is 1. The first-order chi connectivity index (χ1) is 9.68. The Hall–Kier alpha value is -0.0800. The molecule has 9 heteroatoms. The second-order valence-corrected chi connectivity index (χ2v) is 8.50. The van der Waals surface area contributed by atoms with Gasteiger partial charge in [-0.2, -0.15) is 8.42 Å². The molecule has 0 amide bonds. The minimum Gasteiger partial charge on any atom is -0.346 e. The van der Waals surface area contributed by atoms with Crippen LogP contribution in [0.4, 0.5) is 0 Å². The first-order valence-electron chi connectivity index (χ1n) is 5.98. The third kappa shape index (κ3) is 4.69. The Morgan fingerprint density at radius 3 is 2.43 bits per heavy atom. The van der Waals surface area contributed by atoms with Gasteiger partial charge in [-0.15, -0.1) is 0 Å². The molecule has 1 aromatic carbocycles. The van der Waals surface area contributed by atoms with Gasteiger partial charge in [0.2, 0.25) is 10.1 Å². The van der Waals surface area contributed by atoms with Crippen LogP contribution in [0.1, 0.15) is 5.56 Å². The molecule has 2 rings (SSSR count). The molecule has 21 heavy (non-hydrogen) atoms. The zero-order valence-corrected chi connectivity index (χ0v) is 14.0. The van der Waals surface area contributed by atoms with E-state index in [1.165, 1.54) is 12.1 Å². The molecular weight excluding hydrogens is 363 g/mol. The molecule has 5 nitrogen and oxygen atoms in total. The predicted molar refractivity (Wildman–Crippen MR) is 79.2 cm³/mol. The van der Waals surface area contributed by atoms with Gasteiger partial charge in [-0.1, -0.05) is 52.5 Å². The fourth-order valence-corrected chi connectivity index (χ4v) is 2.93. The van der Waals surface area contributed by atoms with Crippen LogP contribution in [0, 0.1) is 6.92 Å². The second-order valence-electron chi connectivity index (χ2n) is 4.52. The number of hydrogen-bond acceptors (Lipinski definition) is 5. The third-order valence-corrected chi connectivity index (χ3v) is 4.57. The van der Waals surface area contributed by atoms with E-state index in [1.54, 1.807) is 12.1 Å². The summed E-state index contributed by atoms with van der Waals surface area (Å²) in [6.45, 7) is 1.73. The first kappa shape index (κ1) is 17.3. The first-order valence-corrected chi connectivity index (χ1v) is 8.52. The summed E-state index contributed by atoms with van der Waals surface area (Å²) in [7, 11) is -3.85. The fraction of sp³-hybridized carbons (Fsp3) is 0.500. The van der Waals surface area contributed by atoms with E-state index in [-0.39, 0.29) is 18.1 Å². The summed E-state index contributed by atoms with van der Waals surface area (Å²) in [5.74, 6) is 0. The van der Waals surface area contributed by atoms with Crippen molar-refractivity contribution in [3.63, 3.8) is 0 Å². The lowest BCUT2D eigenvalue weighted by Gasteiger charge is -2.18. The van der Waals surface area contributed by atoms with Crippen LogP contribution >= 0.6 is 34.8 Å². The summed E-state index contributed by atoms with van der Waals surface area (Å²) < 4.78 is 37.6. The second kappa shape index (κ2) is 6.58.